The highest BCUT2D eigenvalue weighted by molar-refractivity contribution is 9.10. The van der Waals surface area contributed by atoms with Crippen molar-refractivity contribution in [2.75, 3.05) is 18.4 Å². The van der Waals surface area contributed by atoms with E-state index in [1.165, 1.54) is 6.20 Å². The van der Waals surface area contributed by atoms with E-state index in [1.54, 1.807) is 11.5 Å². The Morgan fingerprint density at radius 1 is 1.11 bits per heavy atom. The van der Waals surface area contributed by atoms with E-state index in [1.807, 2.05) is 53.4 Å². The quantitative estimate of drug-likeness (QED) is 0.398. The molecule has 0 saturated carbocycles. The Morgan fingerprint density at radius 3 is 2.50 bits per heavy atom. The van der Waals surface area contributed by atoms with Gasteiger partial charge in [-0.25, -0.2) is 4.79 Å². The maximum Gasteiger partial charge on any atom is 0.337 e. The first-order valence-corrected chi connectivity index (χ1v) is 12.5. The summed E-state index contributed by atoms with van der Waals surface area (Å²) in [5, 5.41) is 13.2. The second-order valence-corrected chi connectivity index (χ2v) is 9.91. The number of carboxylic acids is 1. The molecule has 9 heteroatoms. The van der Waals surface area contributed by atoms with Crippen LogP contribution in [0.2, 0.25) is 0 Å². The molecule has 2 aliphatic heterocycles. The number of hydrogen-bond donors (Lipinski definition) is 3. The van der Waals surface area contributed by atoms with Crippen LogP contribution in [-0.4, -0.2) is 45.4 Å². The van der Waals surface area contributed by atoms with Gasteiger partial charge >= 0.3 is 5.97 Å². The number of aromatic carboxylic acids is 1. The number of carbonyl (C=O) groups excluding carboxylic acids is 2. The average molecular weight is 549 g/mol. The van der Waals surface area contributed by atoms with Crippen LogP contribution in [0, 0.1) is 6.92 Å². The topological polar surface area (TPSA) is 118 Å². The van der Waals surface area contributed by atoms with Crippen LogP contribution in [0.4, 0.5) is 5.69 Å². The number of halogens is 1. The molecule has 2 amide bonds. The lowest BCUT2D eigenvalue weighted by Gasteiger charge is -2.27. The fourth-order valence-electron chi connectivity index (χ4n) is 5.26. The van der Waals surface area contributed by atoms with E-state index in [9.17, 15) is 19.5 Å². The Morgan fingerprint density at radius 2 is 1.83 bits per heavy atom. The van der Waals surface area contributed by atoms with Gasteiger partial charge in [0.2, 0.25) is 0 Å². The smallest absolute Gasteiger partial charge is 0.337 e. The number of likely N-dealkylation sites (tertiary alicyclic amines) is 1. The zero-order valence-corrected chi connectivity index (χ0v) is 21.2. The van der Waals surface area contributed by atoms with E-state index in [4.69, 9.17) is 5.73 Å². The number of nitrogens with two attached hydrogens (primary N) is 1. The second-order valence-electron chi connectivity index (χ2n) is 8.99. The molecule has 184 valence electrons. The highest BCUT2D eigenvalue weighted by Gasteiger charge is 2.35. The molecule has 0 aliphatic carbocycles. The fourth-order valence-corrected chi connectivity index (χ4v) is 5.66. The highest BCUT2D eigenvalue weighted by atomic mass is 79.9. The first-order valence-electron chi connectivity index (χ1n) is 11.7. The third-order valence-electron chi connectivity index (χ3n) is 6.81. The summed E-state index contributed by atoms with van der Waals surface area (Å²) in [7, 11) is 0. The first-order chi connectivity index (χ1) is 17.3. The van der Waals surface area contributed by atoms with Crippen LogP contribution >= 0.6 is 15.9 Å². The molecule has 4 N–H and O–H groups in total. The zero-order valence-electron chi connectivity index (χ0n) is 19.6. The van der Waals surface area contributed by atoms with Gasteiger partial charge in [-0.2, -0.15) is 0 Å². The molecule has 3 aromatic rings. The summed E-state index contributed by atoms with van der Waals surface area (Å²) in [5.74, 6) is -2.03. The molecular weight excluding hydrogens is 524 g/mol. The zero-order chi connectivity index (χ0) is 25.6. The Balaban J connectivity index is 1.84. The van der Waals surface area contributed by atoms with Crippen LogP contribution < -0.4 is 11.1 Å². The number of rotatable bonds is 6. The molecule has 1 fully saturated rings. The molecule has 1 atom stereocenters. The summed E-state index contributed by atoms with van der Waals surface area (Å²) < 4.78 is 2.43. The van der Waals surface area contributed by atoms with Crippen molar-refractivity contribution < 1.29 is 19.5 Å². The normalized spacial score (nSPS) is 17.6. The molecular formula is C27H25BrN4O4. The maximum absolute atomic E-state index is 13.3. The van der Waals surface area contributed by atoms with E-state index in [0.29, 0.717) is 52.3 Å². The number of nitrogens with zero attached hydrogens (tertiary/aromatic N) is 2. The van der Waals surface area contributed by atoms with Crippen LogP contribution in [-0.2, 0) is 9.59 Å². The second kappa shape index (κ2) is 9.40. The van der Waals surface area contributed by atoms with Crippen molar-refractivity contribution in [1.82, 2.24) is 9.47 Å². The number of para-hydroxylation sites is 1. The molecule has 1 aromatic heterocycles. The van der Waals surface area contributed by atoms with Crippen LogP contribution in [0.1, 0.15) is 51.7 Å². The minimum atomic E-state index is -1.16. The van der Waals surface area contributed by atoms with Gasteiger partial charge in [0, 0.05) is 51.8 Å². The van der Waals surface area contributed by atoms with Crippen molar-refractivity contribution >= 4 is 50.5 Å². The molecule has 1 saturated heterocycles. The predicted molar refractivity (Wildman–Crippen MR) is 140 cm³/mol. The number of hydrogen-bond acceptors (Lipinski definition) is 4. The number of benzene rings is 2. The molecule has 3 heterocycles. The molecule has 0 bridgehead atoms. The standard InChI is InChI=1S/C27H25BrN4O4/c1-15-21(19(27(35)36)14-32(15)26(24(29)33)31-11-4-5-12-31)22(16-7-6-8-17(28)13-16)23-18-9-2-3-10-20(18)30-25(23)34/h2-3,6-10,13-14,26H,4-5,11-12H2,1H3,(H2,29,33)(H,30,34)(H,35,36). The Hall–Kier alpha value is -3.69. The molecule has 0 spiro atoms. The minimum Gasteiger partial charge on any atom is -0.478 e. The summed E-state index contributed by atoms with van der Waals surface area (Å²) in [6.07, 6.45) is 2.52. The van der Waals surface area contributed by atoms with E-state index in [0.717, 1.165) is 17.3 Å². The molecule has 2 aromatic carbocycles. The lowest BCUT2D eigenvalue weighted by atomic mass is 9.88. The van der Waals surface area contributed by atoms with Gasteiger partial charge in [0.05, 0.1) is 11.1 Å². The number of carboxylic acid groups (broad SMARTS) is 1. The summed E-state index contributed by atoms with van der Waals surface area (Å²) in [6.45, 7) is 3.15. The number of aromatic nitrogens is 1. The summed E-state index contributed by atoms with van der Waals surface area (Å²) >= 11 is 3.50. The van der Waals surface area contributed by atoms with Crippen LogP contribution in [0.25, 0.3) is 11.1 Å². The largest absolute Gasteiger partial charge is 0.478 e. The van der Waals surface area contributed by atoms with Crippen molar-refractivity contribution in [3.63, 3.8) is 0 Å². The van der Waals surface area contributed by atoms with Gasteiger partial charge in [-0.3, -0.25) is 14.5 Å². The van der Waals surface area contributed by atoms with Gasteiger partial charge in [0.15, 0.2) is 6.17 Å². The third-order valence-corrected chi connectivity index (χ3v) is 7.30. The summed E-state index contributed by atoms with van der Waals surface area (Å²) in [5.41, 5.74) is 9.64. The van der Waals surface area contributed by atoms with Crippen molar-refractivity contribution in [2.24, 2.45) is 5.73 Å². The monoisotopic (exact) mass is 548 g/mol. The fraction of sp³-hybridized carbons (Fsp3) is 0.222. The number of anilines is 1. The van der Waals surface area contributed by atoms with Crippen LogP contribution in [0.3, 0.4) is 0 Å². The number of nitrogens with one attached hydrogen (secondary N) is 1. The van der Waals surface area contributed by atoms with Gasteiger partial charge in [0.25, 0.3) is 11.8 Å². The SMILES string of the molecule is Cc1c(C(=C2C(=O)Nc3ccccc32)c2cccc(Br)c2)c(C(=O)O)cn1C(C(N)=O)N1CCCC1. The van der Waals surface area contributed by atoms with Crippen molar-refractivity contribution in [3.05, 3.63) is 87.1 Å². The molecule has 1 unspecified atom stereocenters. The lowest BCUT2D eigenvalue weighted by molar-refractivity contribution is -0.126. The maximum atomic E-state index is 13.3. The van der Waals surface area contributed by atoms with Crippen molar-refractivity contribution in [1.29, 1.82) is 0 Å². The van der Waals surface area contributed by atoms with Gasteiger partial charge < -0.3 is 20.7 Å². The average Bonchev–Trinajstić information content (AvgIpc) is 3.55. The molecule has 8 nitrogen and oxygen atoms in total. The summed E-state index contributed by atoms with van der Waals surface area (Å²) in [6, 6.07) is 14.7. The highest BCUT2D eigenvalue weighted by Crippen LogP contribution is 2.43. The lowest BCUT2D eigenvalue weighted by Crippen LogP contribution is -2.40. The Labute approximate surface area is 216 Å². The van der Waals surface area contributed by atoms with E-state index in [-0.39, 0.29) is 11.5 Å². The van der Waals surface area contributed by atoms with Crippen LogP contribution in [0.15, 0.2) is 59.2 Å². The molecule has 5 rings (SSSR count). The Bertz CT molecular complexity index is 1440. The summed E-state index contributed by atoms with van der Waals surface area (Å²) in [4.78, 5) is 40.5. The van der Waals surface area contributed by atoms with E-state index in [2.05, 4.69) is 21.2 Å². The van der Waals surface area contributed by atoms with Gasteiger partial charge in [-0.15, -0.1) is 0 Å². The van der Waals surface area contributed by atoms with E-state index >= 15 is 0 Å². The number of primary amides is 1. The van der Waals surface area contributed by atoms with Gasteiger partial charge in [-0.05, 0) is 43.5 Å². The molecule has 0 radical (unpaired) electrons. The first kappa shape index (κ1) is 24.0. The third kappa shape index (κ3) is 4.04. The van der Waals surface area contributed by atoms with Crippen LogP contribution in [0.5, 0.6) is 0 Å². The van der Waals surface area contributed by atoms with Gasteiger partial charge in [-0.1, -0.05) is 46.3 Å². The Kier molecular flexibility index (Phi) is 6.27. The predicted octanol–water partition coefficient (Wildman–Crippen LogP) is 4.25. The molecule has 2 aliphatic rings. The van der Waals surface area contributed by atoms with E-state index < -0.39 is 18.0 Å². The van der Waals surface area contributed by atoms with Crippen molar-refractivity contribution in [2.45, 2.75) is 25.9 Å². The minimum absolute atomic E-state index is 0.00222. The number of carbonyl (C=O) groups is 3. The number of amides is 2. The number of fused-ring (bicyclic) bond motifs is 1. The van der Waals surface area contributed by atoms with Crippen molar-refractivity contribution in [3.8, 4) is 0 Å². The van der Waals surface area contributed by atoms with Gasteiger partial charge in [0.1, 0.15) is 0 Å². The molecule has 36 heavy (non-hydrogen) atoms.